The lowest BCUT2D eigenvalue weighted by atomic mass is 10.2. The van der Waals surface area contributed by atoms with Crippen molar-refractivity contribution in [1.82, 2.24) is 20.6 Å². The minimum absolute atomic E-state index is 0.176. The van der Waals surface area contributed by atoms with Crippen molar-refractivity contribution in [3.8, 4) is 0 Å². The highest BCUT2D eigenvalue weighted by Gasteiger charge is 2.15. The molecular formula is C13H24N4O2. The molecule has 108 valence electrons. The molecule has 0 saturated heterocycles. The highest BCUT2D eigenvalue weighted by atomic mass is 16.6. The SMILES string of the molecule is CCC(NCCNC(=O)OC(C)(C)C)c1ncc[nH]1. The van der Waals surface area contributed by atoms with Gasteiger partial charge >= 0.3 is 6.09 Å². The molecule has 0 spiro atoms. The van der Waals surface area contributed by atoms with Crippen LogP contribution in [0.5, 0.6) is 0 Å². The molecule has 0 aliphatic heterocycles. The molecule has 1 heterocycles. The van der Waals surface area contributed by atoms with Crippen LogP contribution in [0.15, 0.2) is 12.4 Å². The maximum absolute atomic E-state index is 11.4. The lowest BCUT2D eigenvalue weighted by Crippen LogP contribution is -2.37. The standard InChI is InChI=1S/C13H24N4O2/c1-5-10(11-15-7-8-16-11)14-6-9-17-12(18)19-13(2,3)4/h7-8,10,14H,5-6,9H2,1-4H3,(H,15,16)(H,17,18). The molecule has 6 heteroatoms. The van der Waals surface area contributed by atoms with Crippen molar-refractivity contribution in [1.29, 1.82) is 0 Å². The Balaban J connectivity index is 2.21. The van der Waals surface area contributed by atoms with Gasteiger partial charge in [0, 0.05) is 25.5 Å². The fourth-order valence-electron chi connectivity index (χ4n) is 1.63. The summed E-state index contributed by atoms with van der Waals surface area (Å²) in [7, 11) is 0. The second-order valence-corrected chi connectivity index (χ2v) is 5.32. The number of aromatic nitrogens is 2. The van der Waals surface area contributed by atoms with E-state index < -0.39 is 5.60 Å². The average molecular weight is 268 g/mol. The number of amides is 1. The van der Waals surface area contributed by atoms with Crippen LogP contribution in [-0.2, 0) is 4.74 Å². The van der Waals surface area contributed by atoms with Crippen molar-refractivity contribution in [2.24, 2.45) is 0 Å². The molecule has 6 nitrogen and oxygen atoms in total. The van der Waals surface area contributed by atoms with Gasteiger partial charge in [0.05, 0.1) is 6.04 Å². The summed E-state index contributed by atoms with van der Waals surface area (Å²) < 4.78 is 5.15. The third-order valence-corrected chi connectivity index (χ3v) is 2.44. The molecule has 0 saturated carbocycles. The zero-order valence-corrected chi connectivity index (χ0v) is 12.1. The van der Waals surface area contributed by atoms with Crippen molar-refractivity contribution in [3.05, 3.63) is 18.2 Å². The fourth-order valence-corrected chi connectivity index (χ4v) is 1.63. The monoisotopic (exact) mass is 268 g/mol. The van der Waals surface area contributed by atoms with Gasteiger partial charge in [0.1, 0.15) is 11.4 Å². The van der Waals surface area contributed by atoms with Crippen LogP contribution in [0.1, 0.15) is 46.0 Å². The van der Waals surface area contributed by atoms with Gasteiger partial charge in [0.25, 0.3) is 0 Å². The Morgan fingerprint density at radius 1 is 1.47 bits per heavy atom. The number of carbonyl (C=O) groups is 1. The fraction of sp³-hybridized carbons (Fsp3) is 0.692. The molecule has 0 aliphatic rings. The van der Waals surface area contributed by atoms with Gasteiger partial charge in [-0.15, -0.1) is 0 Å². The molecule has 1 amide bonds. The quantitative estimate of drug-likeness (QED) is 0.689. The predicted octanol–water partition coefficient (Wildman–Crippen LogP) is 1.98. The summed E-state index contributed by atoms with van der Waals surface area (Å²) in [5, 5.41) is 6.04. The van der Waals surface area contributed by atoms with Gasteiger partial charge < -0.3 is 20.4 Å². The summed E-state index contributed by atoms with van der Waals surface area (Å²) in [6.45, 7) is 8.80. The van der Waals surface area contributed by atoms with Crippen LogP contribution >= 0.6 is 0 Å². The molecular weight excluding hydrogens is 244 g/mol. The molecule has 1 atom stereocenters. The van der Waals surface area contributed by atoms with E-state index in [1.54, 1.807) is 12.4 Å². The molecule has 0 aromatic carbocycles. The third kappa shape index (κ3) is 6.24. The highest BCUT2D eigenvalue weighted by Crippen LogP contribution is 2.10. The van der Waals surface area contributed by atoms with Gasteiger partial charge in [-0.2, -0.15) is 0 Å². The lowest BCUT2D eigenvalue weighted by molar-refractivity contribution is 0.0528. The van der Waals surface area contributed by atoms with Gasteiger partial charge in [-0.05, 0) is 27.2 Å². The van der Waals surface area contributed by atoms with E-state index in [1.807, 2.05) is 20.8 Å². The number of nitrogens with one attached hydrogen (secondary N) is 3. The van der Waals surface area contributed by atoms with Crippen LogP contribution in [0.2, 0.25) is 0 Å². The second-order valence-electron chi connectivity index (χ2n) is 5.32. The summed E-state index contributed by atoms with van der Waals surface area (Å²) in [5.41, 5.74) is -0.461. The van der Waals surface area contributed by atoms with Crippen LogP contribution < -0.4 is 10.6 Å². The molecule has 1 unspecified atom stereocenters. The Morgan fingerprint density at radius 3 is 2.74 bits per heavy atom. The smallest absolute Gasteiger partial charge is 0.407 e. The average Bonchev–Trinajstić information content (AvgIpc) is 2.80. The van der Waals surface area contributed by atoms with Crippen LogP contribution in [-0.4, -0.2) is 34.8 Å². The first-order valence-electron chi connectivity index (χ1n) is 6.62. The number of hydrogen-bond acceptors (Lipinski definition) is 4. The minimum atomic E-state index is -0.461. The van der Waals surface area contributed by atoms with Crippen molar-refractivity contribution in [3.63, 3.8) is 0 Å². The number of H-pyrrole nitrogens is 1. The van der Waals surface area contributed by atoms with Crippen molar-refractivity contribution < 1.29 is 9.53 Å². The van der Waals surface area contributed by atoms with E-state index in [4.69, 9.17) is 4.74 Å². The molecule has 0 radical (unpaired) electrons. The van der Waals surface area contributed by atoms with Gasteiger partial charge in [0.2, 0.25) is 0 Å². The maximum Gasteiger partial charge on any atom is 0.407 e. The zero-order chi connectivity index (χ0) is 14.3. The van der Waals surface area contributed by atoms with Crippen molar-refractivity contribution >= 4 is 6.09 Å². The molecule has 1 aromatic heterocycles. The largest absolute Gasteiger partial charge is 0.444 e. The number of aromatic amines is 1. The molecule has 3 N–H and O–H groups in total. The van der Waals surface area contributed by atoms with Crippen LogP contribution in [0.4, 0.5) is 4.79 Å². The van der Waals surface area contributed by atoms with E-state index >= 15 is 0 Å². The summed E-state index contributed by atoms with van der Waals surface area (Å²) >= 11 is 0. The molecule has 0 bridgehead atoms. The van der Waals surface area contributed by atoms with Gasteiger partial charge in [0.15, 0.2) is 0 Å². The summed E-state index contributed by atoms with van der Waals surface area (Å²) in [6, 6.07) is 0.176. The summed E-state index contributed by atoms with van der Waals surface area (Å²) in [6.07, 6.45) is 4.08. The Morgan fingerprint density at radius 2 is 2.21 bits per heavy atom. The Labute approximate surface area is 114 Å². The number of alkyl carbamates (subject to hydrolysis) is 1. The Kier molecular flexibility index (Phi) is 5.82. The van der Waals surface area contributed by atoms with E-state index in [0.29, 0.717) is 13.1 Å². The first kappa shape index (κ1) is 15.5. The second kappa shape index (κ2) is 7.13. The van der Waals surface area contributed by atoms with Crippen molar-refractivity contribution in [2.45, 2.75) is 45.8 Å². The normalized spacial score (nSPS) is 13.1. The van der Waals surface area contributed by atoms with Gasteiger partial charge in [-0.1, -0.05) is 6.92 Å². The summed E-state index contributed by atoms with van der Waals surface area (Å²) in [4.78, 5) is 18.7. The molecule has 0 fully saturated rings. The number of ether oxygens (including phenoxy) is 1. The molecule has 19 heavy (non-hydrogen) atoms. The molecule has 1 rings (SSSR count). The van der Waals surface area contributed by atoms with E-state index in [9.17, 15) is 4.79 Å². The number of nitrogens with zero attached hydrogens (tertiary/aromatic N) is 1. The van der Waals surface area contributed by atoms with Crippen LogP contribution in [0.3, 0.4) is 0 Å². The Bertz CT molecular complexity index is 370. The first-order chi connectivity index (χ1) is 8.92. The van der Waals surface area contributed by atoms with Gasteiger partial charge in [-0.25, -0.2) is 9.78 Å². The minimum Gasteiger partial charge on any atom is -0.444 e. The molecule has 1 aromatic rings. The van der Waals surface area contributed by atoms with Gasteiger partial charge in [-0.3, -0.25) is 0 Å². The van der Waals surface area contributed by atoms with E-state index in [1.165, 1.54) is 0 Å². The topological polar surface area (TPSA) is 79.0 Å². The maximum atomic E-state index is 11.4. The van der Waals surface area contributed by atoms with Crippen LogP contribution in [0.25, 0.3) is 0 Å². The van der Waals surface area contributed by atoms with Crippen molar-refractivity contribution in [2.75, 3.05) is 13.1 Å². The first-order valence-corrected chi connectivity index (χ1v) is 6.62. The number of rotatable bonds is 6. The number of carbonyl (C=O) groups excluding carboxylic acids is 1. The Hall–Kier alpha value is -1.56. The number of hydrogen-bond donors (Lipinski definition) is 3. The van der Waals surface area contributed by atoms with E-state index in [-0.39, 0.29) is 12.1 Å². The van der Waals surface area contributed by atoms with E-state index in [0.717, 1.165) is 12.2 Å². The zero-order valence-electron chi connectivity index (χ0n) is 12.1. The highest BCUT2D eigenvalue weighted by molar-refractivity contribution is 5.67. The summed E-state index contributed by atoms with van der Waals surface area (Å²) in [5.74, 6) is 0.916. The van der Waals surface area contributed by atoms with Crippen LogP contribution in [0, 0.1) is 0 Å². The predicted molar refractivity (Wildman–Crippen MR) is 73.9 cm³/mol. The lowest BCUT2D eigenvalue weighted by Gasteiger charge is -2.20. The molecule has 0 aliphatic carbocycles. The third-order valence-electron chi connectivity index (χ3n) is 2.44. The van der Waals surface area contributed by atoms with E-state index in [2.05, 4.69) is 27.5 Å². The number of imidazole rings is 1.